The van der Waals surface area contributed by atoms with Gasteiger partial charge in [0.2, 0.25) is 5.28 Å². The van der Waals surface area contributed by atoms with Crippen LogP contribution in [0.3, 0.4) is 0 Å². The van der Waals surface area contributed by atoms with Crippen molar-refractivity contribution >= 4 is 28.8 Å². The third-order valence-corrected chi connectivity index (χ3v) is 2.37. The lowest BCUT2D eigenvalue weighted by Gasteiger charge is -2.08. The molecule has 1 aromatic heterocycles. The normalized spacial score (nSPS) is 15.4. The van der Waals surface area contributed by atoms with Crippen molar-refractivity contribution in [3.8, 4) is 0 Å². The Labute approximate surface area is 92.3 Å². The lowest BCUT2D eigenvalue weighted by atomic mass is 10.0. The first-order valence-corrected chi connectivity index (χ1v) is 5.07. The van der Waals surface area contributed by atoms with Gasteiger partial charge >= 0.3 is 0 Å². The fourth-order valence-corrected chi connectivity index (χ4v) is 1.78. The summed E-state index contributed by atoms with van der Waals surface area (Å²) in [5.74, 6) is 0. The first-order valence-electron chi connectivity index (χ1n) is 4.32. The number of hydrogen-bond acceptors (Lipinski definition) is 2. The highest BCUT2D eigenvalue weighted by molar-refractivity contribution is 6.31. The van der Waals surface area contributed by atoms with Crippen LogP contribution in [0.2, 0.25) is 10.4 Å². The predicted octanol–water partition coefficient (Wildman–Crippen LogP) is 3.52. The lowest BCUT2D eigenvalue weighted by Crippen LogP contribution is -1.94. The Kier molecular flexibility index (Phi) is 2.85. The monoisotopic (exact) mass is 226 g/mol. The molecule has 2 rings (SSSR count). The van der Waals surface area contributed by atoms with Gasteiger partial charge in [-0.15, -0.1) is 0 Å². The van der Waals surface area contributed by atoms with Gasteiger partial charge in [-0.05, 0) is 30.0 Å². The molecular formula is C10H8Cl2N2. The summed E-state index contributed by atoms with van der Waals surface area (Å²) < 4.78 is 0. The molecule has 1 aromatic rings. The van der Waals surface area contributed by atoms with Crippen molar-refractivity contribution in [2.24, 2.45) is 0 Å². The molecule has 14 heavy (non-hydrogen) atoms. The molecule has 1 aliphatic rings. The van der Waals surface area contributed by atoms with Crippen molar-refractivity contribution in [2.75, 3.05) is 0 Å². The molecule has 0 bridgehead atoms. The molecule has 0 amide bonds. The maximum absolute atomic E-state index is 5.79. The van der Waals surface area contributed by atoms with Gasteiger partial charge in [0, 0.05) is 6.07 Å². The zero-order valence-electron chi connectivity index (χ0n) is 7.37. The van der Waals surface area contributed by atoms with Gasteiger partial charge in [-0.25, -0.2) is 9.97 Å². The van der Waals surface area contributed by atoms with Crippen LogP contribution in [0.5, 0.6) is 0 Å². The van der Waals surface area contributed by atoms with E-state index in [4.69, 9.17) is 23.2 Å². The minimum absolute atomic E-state index is 0.197. The molecule has 0 radical (unpaired) electrons. The van der Waals surface area contributed by atoms with Gasteiger partial charge in [0.15, 0.2) is 0 Å². The summed E-state index contributed by atoms with van der Waals surface area (Å²) >= 11 is 11.5. The van der Waals surface area contributed by atoms with Gasteiger partial charge in [-0.3, -0.25) is 0 Å². The van der Waals surface area contributed by atoms with Crippen molar-refractivity contribution in [1.82, 2.24) is 9.97 Å². The van der Waals surface area contributed by atoms with E-state index in [0.717, 1.165) is 24.1 Å². The van der Waals surface area contributed by atoms with Crippen LogP contribution in [0.25, 0.3) is 5.57 Å². The van der Waals surface area contributed by atoms with Gasteiger partial charge in [0.05, 0.1) is 5.69 Å². The van der Waals surface area contributed by atoms with E-state index < -0.39 is 0 Å². The molecule has 0 unspecified atom stereocenters. The number of halogens is 2. The predicted molar refractivity (Wildman–Crippen MR) is 58.4 cm³/mol. The zero-order chi connectivity index (χ0) is 9.97. The molecule has 4 heteroatoms. The molecule has 1 heterocycles. The van der Waals surface area contributed by atoms with Crippen LogP contribution >= 0.6 is 23.2 Å². The highest BCUT2D eigenvalue weighted by Gasteiger charge is 2.07. The van der Waals surface area contributed by atoms with E-state index in [1.807, 2.05) is 12.2 Å². The number of aromatic nitrogens is 2. The summed E-state index contributed by atoms with van der Waals surface area (Å²) in [5, 5.41) is 0.582. The van der Waals surface area contributed by atoms with Gasteiger partial charge in [-0.2, -0.15) is 0 Å². The average Bonchev–Trinajstić information content (AvgIpc) is 2.18. The summed E-state index contributed by atoms with van der Waals surface area (Å²) in [6.45, 7) is 0. The third kappa shape index (κ3) is 2.14. The average molecular weight is 227 g/mol. The molecule has 0 saturated heterocycles. The van der Waals surface area contributed by atoms with Crippen molar-refractivity contribution in [2.45, 2.75) is 12.8 Å². The fourth-order valence-electron chi connectivity index (χ4n) is 1.37. The second-order valence-corrected chi connectivity index (χ2v) is 3.73. The Balaban J connectivity index is 2.40. The standard InChI is InChI=1S/C10H8Cl2N2/c11-9-6-8(13-10(12)14-9)7-4-2-1-3-5-7/h1-2,4,6H,3,5H2. The molecular weight excluding hydrogens is 219 g/mol. The van der Waals surface area contributed by atoms with Crippen LogP contribution in [-0.4, -0.2) is 9.97 Å². The number of allylic oxidation sites excluding steroid dienone is 4. The Morgan fingerprint density at radius 2 is 2.07 bits per heavy atom. The van der Waals surface area contributed by atoms with E-state index in [1.165, 1.54) is 0 Å². The maximum Gasteiger partial charge on any atom is 0.224 e. The van der Waals surface area contributed by atoms with E-state index >= 15 is 0 Å². The zero-order valence-corrected chi connectivity index (χ0v) is 8.89. The van der Waals surface area contributed by atoms with Crippen molar-refractivity contribution in [3.05, 3.63) is 40.4 Å². The van der Waals surface area contributed by atoms with Gasteiger partial charge in [0.25, 0.3) is 0 Å². The highest BCUT2D eigenvalue weighted by atomic mass is 35.5. The number of rotatable bonds is 1. The van der Waals surface area contributed by atoms with Crippen LogP contribution in [0.15, 0.2) is 24.3 Å². The molecule has 0 atom stereocenters. The van der Waals surface area contributed by atoms with Gasteiger partial charge in [-0.1, -0.05) is 29.8 Å². The Morgan fingerprint density at radius 1 is 1.21 bits per heavy atom. The molecule has 0 fully saturated rings. The Bertz CT molecular complexity index is 390. The van der Waals surface area contributed by atoms with Crippen molar-refractivity contribution in [1.29, 1.82) is 0 Å². The summed E-state index contributed by atoms with van der Waals surface area (Å²) in [7, 11) is 0. The minimum Gasteiger partial charge on any atom is -0.218 e. The van der Waals surface area contributed by atoms with Crippen molar-refractivity contribution in [3.63, 3.8) is 0 Å². The van der Waals surface area contributed by atoms with E-state index in [2.05, 4.69) is 16.0 Å². The largest absolute Gasteiger partial charge is 0.224 e. The van der Waals surface area contributed by atoms with E-state index in [0.29, 0.717) is 5.15 Å². The fraction of sp³-hybridized carbons (Fsp3) is 0.200. The van der Waals surface area contributed by atoms with E-state index in [9.17, 15) is 0 Å². The molecule has 0 N–H and O–H groups in total. The van der Waals surface area contributed by atoms with Crippen LogP contribution < -0.4 is 0 Å². The summed E-state index contributed by atoms with van der Waals surface area (Å²) in [6, 6.07) is 1.73. The number of nitrogens with zero attached hydrogens (tertiary/aromatic N) is 2. The van der Waals surface area contributed by atoms with Crippen LogP contribution in [-0.2, 0) is 0 Å². The van der Waals surface area contributed by atoms with Crippen LogP contribution in [0.1, 0.15) is 18.5 Å². The molecule has 72 valence electrons. The van der Waals surface area contributed by atoms with Crippen LogP contribution in [0, 0.1) is 0 Å². The topological polar surface area (TPSA) is 25.8 Å². The quantitative estimate of drug-likeness (QED) is 0.541. The van der Waals surface area contributed by atoms with E-state index in [1.54, 1.807) is 6.07 Å². The first-order chi connectivity index (χ1) is 6.75. The molecule has 0 saturated carbocycles. The first kappa shape index (κ1) is 9.69. The summed E-state index contributed by atoms with van der Waals surface area (Å²) in [6.07, 6.45) is 8.17. The number of hydrogen-bond donors (Lipinski definition) is 0. The minimum atomic E-state index is 0.197. The lowest BCUT2D eigenvalue weighted by molar-refractivity contribution is 1.03. The molecule has 0 spiro atoms. The maximum atomic E-state index is 5.79. The SMILES string of the molecule is Clc1cc(C2=CC=CCC2)nc(Cl)n1. The molecule has 2 nitrogen and oxygen atoms in total. The van der Waals surface area contributed by atoms with Crippen molar-refractivity contribution < 1.29 is 0 Å². The highest BCUT2D eigenvalue weighted by Crippen LogP contribution is 2.24. The molecule has 0 aromatic carbocycles. The summed E-state index contributed by atoms with van der Waals surface area (Å²) in [4.78, 5) is 7.93. The summed E-state index contributed by atoms with van der Waals surface area (Å²) in [5.41, 5.74) is 1.97. The second-order valence-electron chi connectivity index (χ2n) is 3.00. The Hall–Kier alpha value is -0.860. The van der Waals surface area contributed by atoms with Gasteiger partial charge < -0.3 is 0 Å². The smallest absolute Gasteiger partial charge is 0.218 e. The third-order valence-electron chi connectivity index (χ3n) is 2.01. The Morgan fingerprint density at radius 3 is 2.71 bits per heavy atom. The van der Waals surface area contributed by atoms with E-state index in [-0.39, 0.29) is 5.28 Å². The molecule has 0 aliphatic heterocycles. The second kappa shape index (κ2) is 4.11. The molecule has 1 aliphatic carbocycles. The van der Waals surface area contributed by atoms with Crippen LogP contribution in [0.4, 0.5) is 0 Å². The van der Waals surface area contributed by atoms with Gasteiger partial charge in [0.1, 0.15) is 5.15 Å².